The van der Waals surface area contributed by atoms with Crippen LogP contribution in [0.1, 0.15) is 59.4 Å². The molecule has 0 N–H and O–H groups in total. The summed E-state index contributed by atoms with van der Waals surface area (Å²) in [5.74, 6) is 0.930. The number of nitrogens with zero attached hydrogens (tertiary/aromatic N) is 1. The minimum atomic E-state index is -0.345. The Morgan fingerprint density at radius 3 is 2.55 bits per heavy atom. The van der Waals surface area contributed by atoms with Gasteiger partial charge in [-0.2, -0.15) is 0 Å². The molecule has 7 heteroatoms. The van der Waals surface area contributed by atoms with Gasteiger partial charge < -0.3 is 18.8 Å². The molecule has 1 aliphatic heterocycles. The van der Waals surface area contributed by atoms with Gasteiger partial charge in [-0.15, -0.1) is 0 Å². The van der Waals surface area contributed by atoms with Crippen molar-refractivity contribution in [2.24, 2.45) is 17.8 Å². The summed E-state index contributed by atoms with van der Waals surface area (Å²) in [4.78, 5) is 37.8. The molecule has 1 unspecified atom stereocenters. The monoisotopic (exact) mass is 451 g/mol. The Balaban J connectivity index is 1.22. The normalized spacial score (nSPS) is 23.5. The van der Waals surface area contributed by atoms with E-state index in [0.29, 0.717) is 30.7 Å². The van der Waals surface area contributed by atoms with Crippen molar-refractivity contribution in [1.29, 1.82) is 0 Å². The third-order valence-electron chi connectivity index (χ3n) is 7.38. The number of carbonyl (C=O) groups excluding carboxylic acids is 3. The molecule has 2 bridgehead atoms. The quantitative estimate of drug-likeness (QED) is 0.488. The summed E-state index contributed by atoms with van der Waals surface area (Å²) in [5.41, 5.74) is 3.41. The van der Waals surface area contributed by atoms with Gasteiger partial charge in [0.25, 0.3) is 0 Å². The van der Waals surface area contributed by atoms with Crippen LogP contribution in [0.25, 0.3) is 0 Å². The molecule has 1 aromatic heterocycles. The molecule has 2 saturated carbocycles. The average molecular weight is 452 g/mol. The smallest absolute Gasteiger partial charge is 0.309 e. The molecular formula is C26H29NO6. The Labute approximate surface area is 193 Å². The van der Waals surface area contributed by atoms with E-state index in [1.54, 1.807) is 0 Å². The number of benzene rings is 1. The maximum absolute atomic E-state index is 12.9. The summed E-state index contributed by atoms with van der Waals surface area (Å²) >= 11 is 0. The van der Waals surface area contributed by atoms with Gasteiger partial charge in [0.15, 0.2) is 18.1 Å². The van der Waals surface area contributed by atoms with Gasteiger partial charge in [-0.1, -0.05) is 12.5 Å². The van der Waals surface area contributed by atoms with E-state index in [2.05, 4.69) is 4.57 Å². The van der Waals surface area contributed by atoms with Gasteiger partial charge in [-0.25, -0.2) is 0 Å². The van der Waals surface area contributed by atoms with Gasteiger partial charge in [0.05, 0.1) is 5.92 Å². The van der Waals surface area contributed by atoms with Crippen molar-refractivity contribution in [2.75, 3.05) is 13.4 Å². The van der Waals surface area contributed by atoms with E-state index in [9.17, 15) is 14.4 Å². The van der Waals surface area contributed by atoms with Gasteiger partial charge in [-0.3, -0.25) is 14.4 Å². The first-order valence-electron chi connectivity index (χ1n) is 11.7. The zero-order chi connectivity index (χ0) is 23.1. The second kappa shape index (κ2) is 8.69. The number of esters is 1. The maximum atomic E-state index is 12.9. The molecule has 0 spiro atoms. The van der Waals surface area contributed by atoms with Gasteiger partial charge >= 0.3 is 5.97 Å². The lowest BCUT2D eigenvalue weighted by Crippen LogP contribution is -2.39. The molecule has 3 aliphatic rings. The molecule has 2 heterocycles. The maximum Gasteiger partial charge on any atom is 0.309 e. The van der Waals surface area contributed by atoms with Crippen molar-refractivity contribution >= 4 is 17.5 Å². The van der Waals surface area contributed by atoms with Crippen LogP contribution in [-0.2, 0) is 20.9 Å². The highest BCUT2D eigenvalue weighted by atomic mass is 16.7. The van der Waals surface area contributed by atoms with Crippen LogP contribution in [0.4, 0.5) is 0 Å². The van der Waals surface area contributed by atoms with Crippen molar-refractivity contribution in [3.05, 3.63) is 46.8 Å². The van der Waals surface area contributed by atoms with E-state index in [1.165, 1.54) is 0 Å². The van der Waals surface area contributed by atoms with Crippen molar-refractivity contribution in [3.8, 4) is 11.5 Å². The van der Waals surface area contributed by atoms with Crippen LogP contribution in [0.2, 0.25) is 0 Å². The molecule has 1 aromatic carbocycles. The molecule has 2 aliphatic carbocycles. The largest absolute Gasteiger partial charge is 0.457 e. The van der Waals surface area contributed by atoms with Gasteiger partial charge in [-0.05, 0) is 63.3 Å². The number of carbonyl (C=O) groups is 3. The predicted octanol–water partition coefficient (Wildman–Crippen LogP) is 4.00. The lowest BCUT2D eigenvalue weighted by Gasteiger charge is -2.36. The predicted molar refractivity (Wildman–Crippen MR) is 119 cm³/mol. The van der Waals surface area contributed by atoms with Gasteiger partial charge in [0.2, 0.25) is 12.6 Å². The van der Waals surface area contributed by atoms with E-state index in [1.807, 2.05) is 38.1 Å². The first kappa shape index (κ1) is 21.7. The highest BCUT2D eigenvalue weighted by molar-refractivity contribution is 5.99. The first-order chi connectivity index (χ1) is 15.9. The molecule has 7 nitrogen and oxygen atoms in total. The zero-order valence-electron chi connectivity index (χ0n) is 19.1. The molecule has 2 fully saturated rings. The lowest BCUT2D eigenvalue weighted by atomic mass is 9.67. The number of ether oxygens (including phenoxy) is 3. The van der Waals surface area contributed by atoms with Crippen LogP contribution in [0.3, 0.4) is 0 Å². The minimum absolute atomic E-state index is 0.0131. The molecule has 33 heavy (non-hydrogen) atoms. The van der Waals surface area contributed by atoms with E-state index in [4.69, 9.17) is 14.2 Å². The molecule has 3 atom stereocenters. The van der Waals surface area contributed by atoms with E-state index < -0.39 is 0 Å². The Bertz CT molecular complexity index is 1100. The number of hydrogen-bond donors (Lipinski definition) is 0. The van der Waals surface area contributed by atoms with E-state index in [-0.39, 0.29) is 42.9 Å². The minimum Gasteiger partial charge on any atom is -0.457 e. The van der Waals surface area contributed by atoms with Crippen LogP contribution < -0.4 is 9.47 Å². The molecule has 5 rings (SSSR count). The Hall–Kier alpha value is -3.09. The van der Waals surface area contributed by atoms with Crippen LogP contribution in [0.15, 0.2) is 24.3 Å². The van der Waals surface area contributed by atoms with Gasteiger partial charge in [0, 0.05) is 35.3 Å². The number of rotatable bonds is 6. The molecule has 0 amide bonds. The van der Waals surface area contributed by atoms with E-state index >= 15 is 0 Å². The summed E-state index contributed by atoms with van der Waals surface area (Å²) < 4.78 is 18.3. The topological polar surface area (TPSA) is 83.8 Å². The first-order valence-corrected chi connectivity index (χ1v) is 11.7. The lowest BCUT2D eigenvalue weighted by molar-refractivity contribution is -0.152. The fourth-order valence-electron chi connectivity index (χ4n) is 5.55. The molecular weight excluding hydrogens is 422 g/mol. The number of fused-ring (bicyclic) bond motifs is 3. The molecule has 174 valence electrons. The van der Waals surface area contributed by atoms with Crippen molar-refractivity contribution < 1.29 is 28.6 Å². The van der Waals surface area contributed by atoms with Crippen LogP contribution in [0, 0.1) is 31.6 Å². The van der Waals surface area contributed by atoms with Crippen LogP contribution in [0.5, 0.6) is 11.5 Å². The summed E-state index contributed by atoms with van der Waals surface area (Å²) in [6.07, 6.45) is 3.92. The Morgan fingerprint density at radius 1 is 1.06 bits per heavy atom. The second-order valence-electron chi connectivity index (χ2n) is 9.48. The highest BCUT2D eigenvalue weighted by Crippen LogP contribution is 2.40. The third-order valence-corrected chi connectivity index (χ3v) is 7.38. The van der Waals surface area contributed by atoms with Crippen LogP contribution in [-0.4, -0.2) is 35.5 Å². The summed E-state index contributed by atoms with van der Waals surface area (Å²) in [6, 6.07) is 7.68. The van der Waals surface area contributed by atoms with Crippen molar-refractivity contribution in [1.82, 2.24) is 4.57 Å². The van der Waals surface area contributed by atoms with Crippen molar-refractivity contribution in [3.63, 3.8) is 0 Å². The fraction of sp³-hybridized carbons (Fsp3) is 0.500. The average Bonchev–Trinajstić information content (AvgIpc) is 3.36. The molecule has 0 radical (unpaired) electrons. The van der Waals surface area contributed by atoms with Gasteiger partial charge in [0.1, 0.15) is 5.78 Å². The molecule has 0 saturated heterocycles. The standard InChI is InChI=1S/C26H29NO6/c1-15-8-21(16(2)27(15)12-17-6-7-23-24(9-17)33-14-32-23)22(28)13-31-26(30)20-10-18-4-3-5-19(11-20)25(18)29/h6-9,18-20H,3-5,10-14H2,1-2H3/t18-,19+,20?. The van der Waals surface area contributed by atoms with E-state index in [0.717, 1.165) is 47.7 Å². The number of aryl methyl sites for hydroxylation is 1. The summed E-state index contributed by atoms with van der Waals surface area (Å²) in [6.45, 7) is 4.42. The highest BCUT2D eigenvalue weighted by Gasteiger charge is 2.42. The Morgan fingerprint density at radius 2 is 1.79 bits per heavy atom. The SMILES string of the molecule is Cc1cc(C(=O)COC(=O)C2C[C@H]3CCC[C@@H](C2)C3=O)c(C)n1Cc1ccc2c(c1)OCO2. The fourth-order valence-corrected chi connectivity index (χ4v) is 5.55. The summed E-state index contributed by atoms with van der Waals surface area (Å²) in [5, 5.41) is 0. The Kier molecular flexibility index (Phi) is 5.72. The number of Topliss-reactive ketones (excluding diaryl/α,β-unsaturated/α-hetero) is 2. The second-order valence-corrected chi connectivity index (χ2v) is 9.48. The number of ketones is 2. The zero-order valence-corrected chi connectivity index (χ0v) is 19.1. The molecule has 2 aromatic rings. The summed E-state index contributed by atoms with van der Waals surface area (Å²) in [7, 11) is 0. The number of aromatic nitrogens is 1. The van der Waals surface area contributed by atoms with Crippen LogP contribution >= 0.6 is 0 Å². The van der Waals surface area contributed by atoms with Crippen molar-refractivity contribution in [2.45, 2.75) is 52.5 Å². The third kappa shape index (κ3) is 4.16. The number of hydrogen-bond acceptors (Lipinski definition) is 6.